The van der Waals surface area contributed by atoms with Gasteiger partial charge in [0.05, 0.1) is 0 Å². The second-order valence-corrected chi connectivity index (χ2v) is 6.41. The fourth-order valence-corrected chi connectivity index (χ4v) is 2.81. The third-order valence-electron chi connectivity index (χ3n) is 3.69. The molecular formula is C16H27BrN2. The molecule has 0 radical (unpaired) electrons. The minimum absolute atomic E-state index is 0.0554. The Morgan fingerprint density at radius 2 is 1.63 bits per heavy atom. The number of rotatable bonds is 8. The predicted octanol–water partition coefficient (Wildman–Crippen LogP) is 3.83. The van der Waals surface area contributed by atoms with Crippen LogP contribution in [0.5, 0.6) is 0 Å². The van der Waals surface area contributed by atoms with E-state index in [0.717, 1.165) is 24.0 Å². The van der Waals surface area contributed by atoms with Gasteiger partial charge in [-0.15, -0.1) is 0 Å². The first kappa shape index (κ1) is 16.7. The Bertz CT molecular complexity index is 358. The number of nitrogens with two attached hydrogens (primary N) is 1. The average Bonchev–Trinajstić information content (AvgIpc) is 2.41. The molecule has 0 spiro atoms. The third-order valence-corrected chi connectivity index (χ3v) is 4.22. The number of hydrogen-bond acceptors (Lipinski definition) is 2. The van der Waals surface area contributed by atoms with Crippen molar-refractivity contribution >= 4 is 15.9 Å². The monoisotopic (exact) mass is 326 g/mol. The van der Waals surface area contributed by atoms with Crippen LogP contribution in [0.25, 0.3) is 0 Å². The van der Waals surface area contributed by atoms with Gasteiger partial charge in [0.1, 0.15) is 0 Å². The van der Waals surface area contributed by atoms with Crippen LogP contribution in [-0.4, -0.2) is 30.1 Å². The molecule has 0 fully saturated rings. The fourth-order valence-electron chi connectivity index (χ4n) is 2.55. The maximum Gasteiger partial charge on any atom is 0.0343 e. The molecule has 1 rings (SSSR count). The molecule has 0 saturated carbocycles. The predicted molar refractivity (Wildman–Crippen MR) is 87.5 cm³/mol. The van der Waals surface area contributed by atoms with Crippen LogP contribution in [-0.2, 0) is 6.42 Å². The first-order valence-electron chi connectivity index (χ1n) is 7.25. The summed E-state index contributed by atoms with van der Waals surface area (Å²) < 4.78 is 1.13. The van der Waals surface area contributed by atoms with Crippen molar-refractivity contribution in [1.82, 2.24) is 4.90 Å². The Labute approximate surface area is 126 Å². The van der Waals surface area contributed by atoms with E-state index in [1.54, 1.807) is 0 Å². The van der Waals surface area contributed by atoms with Gasteiger partial charge in [-0.1, -0.05) is 41.9 Å². The van der Waals surface area contributed by atoms with Crippen LogP contribution in [0.1, 0.15) is 39.2 Å². The molecule has 108 valence electrons. The number of halogens is 1. The van der Waals surface area contributed by atoms with Crippen LogP contribution >= 0.6 is 15.9 Å². The molecule has 0 amide bonds. The van der Waals surface area contributed by atoms with E-state index in [4.69, 9.17) is 5.73 Å². The highest BCUT2D eigenvalue weighted by Gasteiger charge is 2.29. The normalized spacial score (nSPS) is 14.6. The zero-order valence-corrected chi connectivity index (χ0v) is 14.0. The third kappa shape index (κ3) is 4.90. The SMILES string of the molecule is CCCN(CCC)C(C)(CN)Cc1ccc(Br)cc1. The second kappa shape index (κ2) is 8.03. The maximum atomic E-state index is 6.10. The molecule has 0 saturated heterocycles. The quantitative estimate of drug-likeness (QED) is 0.786. The molecule has 1 atom stereocenters. The van der Waals surface area contributed by atoms with E-state index in [2.05, 4.69) is 65.9 Å². The summed E-state index contributed by atoms with van der Waals surface area (Å²) in [4.78, 5) is 2.55. The molecule has 0 bridgehead atoms. The Hall–Kier alpha value is -0.380. The van der Waals surface area contributed by atoms with Crippen molar-refractivity contribution in [2.24, 2.45) is 5.73 Å². The zero-order chi connectivity index (χ0) is 14.3. The number of benzene rings is 1. The minimum atomic E-state index is 0.0554. The lowest BCUT2D eigenvalue weighted by Crippen LogP contribution is -2.53. The molecule has 2 nitrogen and oxygen atoms in total. The van der Waals surface area contributed by atoms with Crippen molar-refractivity contribution in [3.8, 4) is 0 Å². The topological polar surface area (TPSA) is 29.3 Å². The van der Waals surface area contributed by atoms with E-state index in [0.29, 0.717) is 6.54 Å². The van der Waals surface area contributed by atoms with Crippen LogP contribution in [0.15, 0.2) is 28.7 Å². The molecule has 1 unspecified atom stereocenters. The van der Waals surface area contributed by atoms with Gasteiger partial charge in [0, 0.05) is 16.6 Å². The minimum Gasteiger partial charge on any atom is -0.329 e. The molecule has 0 aromatic heterocycles. The van der Waals surface area contributed by atoms with E-state index >= 15 is 0 Å². The summed E-state index contributed by atoms with van der Waals surface area (Å²) in [5, 5.41) is 0. The molecule has 2 N–H and O–H groups in total. The van der Waals surface area contributed by atoms with Gasteiger partial charge in [-0.3, -0.25) is 4.90 Å². The van der Waals surface area contributed by atoms with Crippen LogP contribution in [0.2, 0.25) is 0 Å². The summed E-state index contributed by atoms with van der Waals surface area (Å²) in [6.45, 7) is 9.71. The summed E-state index contributed by atoms with van der Waals surface area (Å²) in [5.74, 6) is 0. The summed E-state index contributed by atoms with van der Waals surface area (Å²) in [6, 6.07) is 8.59. The maximum absolute atomic E-state index is 6.10. The molecule has 1 aromatic carbocycles. The van der Waals surface area contributed by atoms with Gasteiger partial charge < -0.3 is 5.73 Å². The molecule has 3 heteroatoms. The van der Waals surface area contributed by atoms with Crippen LogP contribution < -0.4 is 5.73 Å². The summed E-state index contributed by atoms with van der Waals surface area (Å²) in [5.41, 5.74) is 7.51. The van der Waals surface area contributed by atoms with E-state index in [9.17, 15) is 0 Å². The van der Waals surface area contributed by atoms with Crippen molar-refractivity contribution in [3.05, 3.63) is 34.3 Å². The first-order chi connectivity index (χ1) is 9.05. The lowest BCUT2D eigenvalue weighted by Gasteiger charge is -2.41. The highest BCUT2D eigenvalue weighted by molar-refractivity contribution is 9.10. The standard InChI is InChI=1S/C16H27BrN2/c1-4-10-19(11-5-2)16(3,13-18)12-14-6-8-15(17)9-7-14/h6-9H,4-5,10-13,18H2,1-3H3. The van der Waals surface area contributed by atoms with E-state index in [1.807, 2.05) is 0 Å². The molecule has 0 aliphatic rings. The van der Waals surface area contributed by atoms with Crippen LogP contribution in [0, 0.1) is 0 Å². The first-order valence-corrected chi connectivity index (χ1v) is 8.04. The molecule has 1 aromatic rings. The van der Waals surface area contributed by atoms with Gasteiger partial charge in [0.15, 0.2) is 0 Å². The van der Waals surface area contributed by atoms with Crippen molar-refractivity contribution in [1.29, 1.82) is 0 Å². The van der Waals surface area contributed by atoms with E-state index in [1.165, 1.54) is 18.4 Å². The van der Waals surface area contributed by atoms with Crippen molar-refractivity contribution in [2.75, 3.05) is 19.6 Å². The second-order valence-electron chi connectivity index (χ2n) is 5.49. The van der Waals surface area contributed by atoms with Gasteiger partial charge in [-0.2, -0.15) is 0 Å². The van der Waals surface area contributed by atoms with Gasteiger partial charge >= 0.3 is 0 Å². The summed E-state index contributed by atoms with van der Waals surface area (Å²) >= 11 is 3.49. The van der Waals surface area contributed by atoms with Crippen LogP contribution in [0.3, 0.4) is 0 Å². The zero-order valence-electron chi connectivity index (χ0n) is 12.5. The van der Waals surface area contributed by atoms with E-state index in [-0.39, 0.29) is 5.54 Å². The Balaban J connectivity index is 2.84. The lowest BCUT2D eigenvalue weighted by molar-refractivity contribution is 0.110. The lowest BCUT2D eigenvalue weighted by atomic mass is 9.90. The van der Waals surface area contributed by atoms with Gasteiger partial charge in [0.2, 0.25) is 0 Å². The molecule has 19 heavy (non-hydrogen) atoms. The van der Waals surface area contributed by atoms with Crippen molar-refractivity contribution in [3.63, 3.8) is 0 Å². The van der Waals surface area contributed by atoms with Crippen molar-refractivity contribution in [2.45, 2.75) is 45.6 Å². The Morgan fingerprint density at radius 3 is 2.05 bits per heavy atom. The molecule has 0 aliphatic carbocycles. The Kier molecular flexibility index (Phi) is 7.05. The van der Waals surface area contributed by atoms with Gasteiger partial charge in [-0.25, -0.2) is 0 Å². The summed E-state index contributed by atoms with van der Waals surface area (Å²) in [7, 11) is 0. The van der Waals surface area contributed by atoms with Crippen molar-refractivity contribution < 1.29 is 0 Å². The average molecular weight is 327 g/mol. The van der Waals surface area contributed by atoms with Gasteiger partial charge in [-0.05, 0) is 57.0 Å². The molecule has 0 heterocycles. The Morgan fingerprint density at radius 1 is 1.11 bits per heavy atom. The van der Waals surface area contributed by atoms with Crippen LogP contribution in [0.4, 0.5) is 0 Å². The summed E-state index contributed by atoms with van der Waals surface area (Å²) in [6.07, 6.45) is 3.36. The largest absolute Gasteiger partial charge is 0.329 e. The highest BCUT2D eigenvalue weighted by atomic mass is 79.9. The smallest absolute Gasteiger partial charge is 0.0343 e. The van der Waals surface area contributed by atoms with E-state index < -0.39 is 0 Å². The molecule has 0 aliphatic heterocycles. The van der Waals surface area contributed by atoms with Gasteiger partial charge in [0.25, 0.3) is 0 Å². The highest BCUT2D eigenvalue weighted by Crippen LogP contribution is 2.22. The number of nitrogens with zero attached hydrogens (tertiary/aromatic N) is 1. The number of hydrogen-bond donors (Lipinski definition) is 1. The fraction of sp³-hybridized carbons (Fsp3) is 0.625. The molecular weight excluding hydrogens is 300 g/mol.